The first kappa shape index (κ1) is 15.2. The largest absolute Gasteiger partial charge is 0.354 e. The third kappa shape index (κ3) is 3.67. The molecular weight excluding hydrogens is 338 g/mol. The van der Waals surface area contributed by atoms with Crippen LogP contribution < -0.4 is 10.2 Å². The average molecular weight is 356 g/mol. The molecule has 0 aromatic carbocycles. The quantitative estimate of drug-likeness (QED) is 0.859. The summed E-state index contributed by atoms with van der Waals surface area (Å²) in [4.78, 5) is 16.5. The number of anilines is 2. The van der Waals surface area contributed by atoms with E-state index in [2.05, 4.69) is 48.0 Å². The van der Waals surface area contributed by atoms with Gasteiger partial charge in [0.2, 0.25) is 5.95 Å². The highest BCUT2D eigenvalue weighted by Gasteiger charge is 2.12. The van der Waals surface area contributed by atoms with Gasteiger partial charge in [0.1, 0.15) is 5.82 Å². The summed E-state index contributed by atoms with van der Waals surface area (Å²) in [6.07, 6.45) is 2.83. The Bertz CT molecular complexity index is 572. The van der Waals surface area contributed by atoms with Crippen molar-refractivity contribution in [3.05, 3.63) is 26.8 Å². The first-order chi connectivity index (χ1) is 9.61. The molecule has 2 aromatic heterocycles. The Labute approximate surface area is 131 Å². The van der Waals surface area contributed by atoms with Crippen LogP contribution in [0.4, 0.5) is 11.8 Å². The lowest BCUT2D eigenvalue weighted by molar-refractivity contribution is 0.882. The molecule has 0 amide bonds. The molecule has 0 aliphatic carbocycles. The van der Waals surface area contributed by atoms with Crippen LogP contribution in [0.3, 0.4) is 0 Å². The molecular formula is C13H18BrN5S. The monoisotopic (exact) mass is 355 g/mol. The van der Waals surface area contributed by atoms with Gasteiger partial charge in [-0.2, -0.15) is 4.98 Å². The number of nitrogens with zero attached hydrogens (tertiary/aromatic N) is 4. The lowest BCUT2D eigenvalue weighted by Crippen LogP contribution is -2.19. The van der Waals surface area contributed by atoms with E-state index in [0.717, 1.165) is 35.5 Å². The number of nitrogens with one attached hydrogen (secondary N) is 1. The third-order valence-electron chi connectivity index (χ3n) is 2.85. The molecule has 0 aliphatic heterocycles. The Morgan fingerprint density at radius 1 is 1.40 bits per heavy atom. The maximum absolute atomic E-state index is 4.56. The molecule has 0 unspecified atom stereocenters. The molecule has 0 fully saturated rings. The van der Waals surface area contributed by atoms with Gasteiger partial charge in [-0.1, -0.05) is 6.92 Å². The predicted molar refractivity (Wildman–Crippen MR) is 87.5 cm³/mol. The molecule has 2 heterocycles. The van der Waals surface area contributed by atoms with Gasteiger partial charge < -0.3 is 10.2 Å². The molecule has 2 aromatic rings. The second-order valence-electron chi connectivity index (χ2n) is 4.51. The smallest absolute Gasteiger partial charge is 0.224 e. The van der Waals surface area contributed by atoms with Gasteiger partial charge in [0.25, 0.3) is 0 Å². The molecule has 0 radical (unpaired) electrons. The Balaban J connectivity index is 2.15. The topological polar surface area (TPSA) is 53.9 Å². The maximum atomic E-state index is 4.56. The highest BCUT2D eigenvalue weighted by Crippen LogP contribution is 2.26. The zero-order chi connectivity index (χ0) is 14.5. The lowest BCUT2D eigenvalue weighted by atomic mass is 10.3. The van der Waals surface area contributed by atoms with Gasteiger partial charge in [-0.3, -0.25) is 0 Å². The van der Waals surface area contributed by atoms with Gasteiger partial charge in [-0.05, 0) is 29.3 Å². The van der Waals surface area contributed by atoms with Crippen LogP contribution in [0.15, 0.2) is 16.2 Å². The van der Waals surface area contributed by atoms with E-state index < -0.39 is 0 Å². The molecule has 2 rings (SSSR count). The summed E-state index contributed by atoms with van der Waals surface area (Å²) < 4.78 is 0.893. The number of aromatic nitrogens is 3. The minimum Gasteiger partial charge on any atom is -0.354 e. The second-order valence-corrected chi connectivity index (χ2v) is 6.30. The Kier molecular flexibility index (Phi) is 5.31. The minimum atomic E-state index is 0.665. The molecule has 0 saturated carbocycles. The molecule has 108 valence electrons. The number of aryl methyl sites for hydroxylation is 1. The van der Waals surface area contributed by atoms with Gasteiger partial charge in [-0.15, -0.1) is 11.3 Å². The average Bonchev–Trinajstić information content (AvgIpc) is 2.83. The molecule has 7 heteroatoms. The van der Waals surface area contributed by atoms with Crippen molar-refractivity contribution in [1.29, 1.82) is 0 Å². The highest BCUT2D eigenvalue weighted by molar-refractivity contribution is 9.10. The van der Waals surface area contributed by atoms with Crippen molar-refractivity contribution in [3.8, 4) is 0 Å². The van der Waals surface area contributed by atoms with Crippen LogP contribution in [0.1, 0.15) is 23.9 Å². The summed E-state index contributed by atoms with van der Waals surface area (Å²) in [6.45, 7) is 5.81. The fraction of sp³-hybridized carbons (Fsp3) is 0.462. The van der Waals surface area contributed by atoms with Crippen LogP contribution >= 0.6 is 27.3 Å². The van der Waals surface area contributed by atoms with Crippen LogP contribution in [-0.4, -0.2) is 28.5 Å². The highest BCUT2D eigenvalue weighted by atomic mass is 79.9. The van der Waals surface area contributed by atoms with Gasteiger partial charge in [0.15, 0.2) is 0 Å². The van der Waals surface area contributed by atoms with Gasteiger partial charge in [0.05, 0.1) is 22.2 Å². The van der Waals surface area contributed by atoms with Crippen molar-refractivity contribution >= 4 is 39.0 Å². The van der Waals surface area contributed by atoms with Gasteiger partial charge >= 0.3 is 0 Å². The molecule has 1 N–H and O–H groups in total. The number of hydrogen-bond donors (Lipinski definition) is 1. The number of hydrogen-bond acceptors (Lipinski definition) is 6. The summed E-state index contributed by atoms with van der Waals surface area (Å²) in [5.41, 5.74) is 2.96. The zero-order valence-corrected chi connectivity index (χ0v) is 14.3. The Hall–Kier alpha value is -1.21. The van der Waals surface area contributed by atoms with E-state index in [9.17, 15) is 0 Å². The summed E-state index contributed by atoms with van der Waals surface area (Å²) in [6, 6.07) is 0. The summed E-state index contributed by atoms with van der Waals surface area (Å²) in [7, 11) is 2.02. The van der Waals surface area contributed by atoms with E-state index in [1.54, 1.807) is 17.5 Å². The van der Waals surface area contributed by atoms with Crippen LogP contribution in [0.5, 0.6) is 0 Å². The van der Waals surface area contributed by atoms with Crippen LogP contribution in [0, 0.1) is 6.92 Å². The normalized spacial score (nSPS) is 10.6. The fourth-order valence-electron chi connectivity index (χ4n) is 1.72. The molecule has 0 aliphatic rings. The van der Waals surface area contributed by atoms with Crippen molar-refractivity contribution < 1.29 is 0 Å². The van der Waals surface area contributed by atoms with Crippen molar-refractivity contribution in [2.45, 2.75) is 26.8 Å². The molecule has 5 nitrogen and oxygen atoms in total. The maximum Gasteiger partial charge on any atom is 0.224 e. The molecule has 20 heavy (non-hydrogen) atoms. The number of rotatable bonds is 6. The van der Waals surface area contributed by atoms with E-state index in [1.165, 1.54) is 4.88 Å². The Morgan fingerprint density at radius 3 is 2.85 bits per heavy atom. The second kappa shape index (κ2) is 6.99. The van der Waals surface area contributed by atoms with Crippen molar-refractivity contribution in [1.82, 2.24) is 15.0 Å². The van der Waals surface area contributed by atoms with E-state index in [-0.39, 0.29) is 0 Å². The number of halogens is 1. The lowest BCUT2D eigenvalue weighted by Gasteiger charge is -2.19. The fourth-order valence-corrected chi connectivity index (χ4v) is 3.04. The molecule has 0 saturated heterocycles. The SMILES string of the molecule is CCCNc1ncc(Br)c(N(C)Cc2scnc2C)n1. The predicted octanol–water partition coefficient (Wildman–Crippen LogP) is 3.46. The minimum absolute atomic E-state index is 0.665. The van der Waals surface area contributed by atoms with Crippen LogP contribution in [0.25, 0.3) is 0 Å². The third-order valence-corrected chi connectivity index (χ3v) is 4.33. The Morgan fingerprint density at radius 2 is 2.20 bits per heavy atom. The zero-order valence-electron chi connectivity index (χ0n) is 11.9. The molecule has 0 atom stereocenters. The van der Waals surface area contributed by atoms with E-state index in [1.807, 2.05) is 19.5 Å². The molecule has 0 bridgehead atoms. The van der Waals surface area contributed by atoms with E-state index in [4.69, 9.17) is 0 Å². The van der Waals surface area contributed by atoms with E-state index >= 15 is 0 Å². The first-order valence-corrected chi connectivity index (χ1v) is 8.15. The summed E-state index contributed by atoms with van der Waals surface area (Å²) in [5, 5.41) is 3.21. The van der Waals surface area contributed by atoms with Crippen molar-refractivity contribution in [2.24, 2.45) is 0 Å². The van der Waals surface area contributed by atoms with Crippen LogP contribution in [-0.2, 0) is 6.54 Å². The standard InChI is InChI=1S/C13H18BrN5S/c1-4-5-15-13-16-6-10(14)12(18-13)19(3)7-11-9(2)17-8-20-11/h6,8H,4-5,7H2,1-3H3,(H,15,16,18). The summed E-state index contributed by atoms with van der Waals surface area (Å²) in [5.74, 6) is 1.55. The van der Waals surface area contributed by atoms with E-state index in [0.29, 0.717) is 5.95 Å². The van der Waals surface area contributed by atoms with Crippen molar-refractivity contribution in [2.75, 3.05) is 23.8 Å². The first-order valence-electron chi connectivity index (χ1n) is 6.48. The molecule has 0 spiro atoms. The van der Waals surface area contributed by atoms with Crippen LogP contribution in [0.2, 0.25) is 0 Å². The summed E-state index contributed by atoms with van der Waals surface area (Å²) >= 11 is 5.18. The van der Waals surface area contributed by atoms with Gasteiger partial charge in [0, 0.05) is 24.7 Å². The van der Waals surface area contributed by atoms with Crippen molar-refractivity contribution in [3.63, 3.8) is 0 Å². The van der Waals surface area contributed by atoms with Gasteiger partial charge in [-0.25, -0.2) is 9.97 Å². The number of thiazole rings is 1.